The Hall–Kier alpha value is -5.32. The summed E-state index contributed by atoms with van der Waals surface area (Å²) in [4.78, 5) is 50.4. The number of Topliss-reactive ketones (excluding diaryl/α,β-unsaturated/α-hetero) is 1. The highest BCUT2D eigenvalue weighted by atomic mass is 16.6. The van der Waals surface area contributed by atoms with Gasteiger partial charge in [-0.3, -0.25) is 14.6 Å². The molecule has 51 heavy (non-hydrogen) atoms. The zero-order chi connectivity index (χ0) is 36.3. The van der Waals surface area contributed by atoms with E-state index in [1.165, 1.54) is 6.33 Å². The fourth-order valence-electron chi connectivity index (χ4n) is 6.80. The summed E-state index contributed by atoms with van der Waals surface area (Å²) in [5.41, 5.74) is 11.2. The SMILES string of the molecule is CC(C)CCC1C=C(c2cccnc2)C(=O)C(C(=O)Nc2ccc(-c3cc(C4CCN(C(=O)OC(C)(C)C)CC4)n4ncnc(N)c34)cc2)=CC1. The number of ether oxygens (including phenoxy) is 1. The number of fused-ring (bicyclic) bond motifs is 1. The summed E-state index contributed by atoms with van der Waals surface area (Å²) >= 11 is 0. The minimum Gasteiger partial charge on any atom is -0.444 e. The third-order valence-corrected chi connectivity index (χ3v) is 9.48. The molecule has 4 aromatic rings. The van der Waals surface area contributed by atoms with E-state index in [0.717, 1.165) is 42.5 Å². The number of ketones is 1. The van der Waals surface area contributed by atoms with E-state index in [-0.39, 0.29) is 29.3 Å². The van der Waals surface area contributed by atoms with Gasteiger partial charge >= 0.3 is 6.09 Å². The van der Waals surface area contributed by atoms with Crippen LogP contribution in [0.3, 0.4) is 0 Å². The molecule has 266 valence electrons. The molecule has 1 aliphatic heterocycles. The van der Waals surface area contributed by atoms with Gasteiger partial charge in [0.1, 0.15) is 17.4 Å². The van der Waals surface area contributed by atoms with Gasteiger partial charge in [-0.05, 0) is 88.1 Å². The highest BCUT2D eigenvalue weighted by Gasteiger charge is 2.31. The smallest absolute Gasteiger partial charge is 0.410 e. The Balaban J connectivity index is 1.20. The van der Waals surface area contributed by atoms with Crippen molar-refractivity contribution in [3.8, 4) is 11.1 Å². The monoisotopic (exact) mass is 689 g/mol. The second-order valence-corrected chi connectivity index (χ2v) is 14.9. The molecular weight excluding hydrogens is 642 g/mol. The van der Waals surface area contributed by atoms with Crippen molar-refractivity contribution in [3.05, 3.63) is 90.2 Å². The van der Waals surface area contributed by atoms with Crippen molar-refractivity contribution >= 4 is 40.4 Å². The molecule has 3 N–H and O–H groups in total. The minimum atomic E-state index is -0.547. The highest BCUT2D eigenvalue weighted by molar-refractivity contribution is 6.39. The number of nitrogens with one attached hydrogen (secondary N) is 1. The minimum absolute atomic E-state index is 0.131. The van der Waals surface area contributed by atoms with Crippen molar-refractivity contribution in [2.24, 2.45) is 11.8 Å². The van der Waals surface area contributed by atoms with Crippen LogP contribution in [0.1, 0.15) is 83.9 Å². The summed E-state index contributed by atoms with van der Waals surface area (Å²) in [5, 5.41) is 7.51. The van der Waals surface area contributed by atoms with Crippen LogP contribution in [-0.4, -0.2) is 61.0 Å². The quantitative estimate of drug-likeness (QED) is 0.181. The van der Waals surface area contributed by atoms with Crippen molar-refractivity contribution in [3.63, 3.8) is 0 Å². The number of pyridine rings is 1. The molecule has 1 atom stereocenters. The number of piperidine rings is 1. The summed E-state index contributed by atoms with van der Waals surface area (Å²) in [5.74, 6) is 0.450. The average Bonchev–Trinajstić information content (AvgIpc) is 3.41. The molecular formula is C40H47N7O4. The summed E-state index contributed by atoms with van der Waals surface area (Å²) in [6, 6.07) is 13.2. The Bertz CT molecular complexity index is 1970. The Labute approximate surface area is 299 Å². The molecule has 4 heterocycles. The maximum absolute atomic E-state index is 13.8. The van der Waals surface area contributed by atoms with Gasteiger partial charge in [-0.15, -0.1) is 0 Å². The molecule has 0 radical (unpaired) electrons. The van der Waals surface area contributed by atoms with Gasteiger partial charge < -0.3 is 20.7 Å². The van der Waals surface area contributed by atoms with E-state index in [1.807, 2.05) is 61.7 Å². The molecule has 1 aliphatic carbocycles. The fraction of sp³-hybridized carbons (Fsp3) is 0.400. The number of carbonyl (C=O) groups excluding carboxylic acids is 3. The Morgan fingerprint density at radius 1 is 1.08 bits per heavy atom. The van der Waals surface area contributed by atoms with Crippen LogP contribution in [0, 0.1) is 11.8 Å². The van der Waals surface area contributed by atoms with Crippen molar-refractivity contribution in [2.45, 2.75) is 78.2 Å². The van der Waals surface area contributed by atoms with Gasteiger partial charge in [-0.25, -0.2) is 14.3 Å². The summed E-state index contributed by atoms with van der Waals surface area (Å²) < 4.78 is 7.44. The number of nitrogens with two attached hydrogens (primary N) is 1. The third-order valence-electron chi connectivity index (χ3n) is 9.48. The first-order chi connectivity index (χ1) is 24.4. The normalized spacial score (nSPS) is 17.3. The van der Waals surface area contributed by atoms with Gasteiger partial charge in [0.15, 0.2) is 11.6 Å². The molecule has 1 aromatic carbocycles. The Morgan fingerprint density at radius 2 is 1.82 bits per heavy atom. The largest absolute Gasteiger partial charge is 0.444 e. The maximum atomic E-state index is 13.8. The number of nitrogens with zero attached hydrogens (tertiary/aromatic N) is 5. The van der Waals surface area contributed by atoms with Gasteiger partial charge in [0, 0.05) is 59.5 Å². The number of rotatable bonds is 8. The van der Waals surface area contributed by atoms with E-state index in [4.69, 9.17) is 10.5 Å². The number of benzene rings is 1. The molecule has 0 spiro atoms. The van der Waals surface area contributed by atoms with E-state index >= 15 is 0 Å². The summed E-state index contributed by atoms with van der Waals surface area (Å²) in [6.45, 7) is 11.1. The topological polar surface area (TPSA) is 145 Å². The van der Waals surface area contributed by atoms with Crippen molar-refractivity contribution in [1.29, 1.82) is 0 Å². The lowest BCUT2D eigenvalue weighted by Gasteiger charge is -2.33. The molecule has 3 aromatic heterocycles. The van der Waals surface area contributed by atoms with E-state index in [9.17, 15) is 14.4 Å². The third kappa shape index (κ3) is 8.19. The van der Waals surface area contributed by atoms with Crippen LogP contribution in [0.5, 0.6) is 0 Å². The molecule has 0 saturated carbocycles. The van der Waals surface area contributed by atoms with Gasteiger partial charge in [-0.2, -0.15) is 5.10 Å². The highest BCUT2D eigenvalue weighted by Crippen LogP contribution is 2.37. The lowest BCUT2D eigenvalue weighted by Crippen LogP contribution is -2.41. The van der Waals surface area contributed by atoms with E-state index in [1.54, 1.807) is 29.4 Å². The van der Waals surface area contributed by atoms with Crippen molar-refractivity contribution in [2.75, 3.05) is 24.1 Å². The maximum Gasteiger partial charge on any atom is 0.410 e. The van der Waals surface area contributed by atoms with Gasteiger partial charge in [0.2, 0.25) is 0 Å². The Morgan fingerprint density at radius 3 is 2.49 bits per heavy atom. The molecule has 1 unspecified atom stereocenters. The number of likely N-dealkylation sites (tertiary alicyclic amines) is 1. The first-order valence-corrected chi connectivity index (χ1v) is 17.8. The molecule has 2 amide bonds. The lowest BCUT2D eigenvalue weighted by molar-refractivity contribution is -0.117. The van der Waals surface area contributed by atoms with Crippen LogP contribution < -0.4 is 11.1 Å². The predicted molar refractivity (Wildman–Crippen MR) is 199 cm³/mol. The molecule has 2 aliphatic rings. The molecule has 6 rings (SSSR count). The fourth-order valence-corrected chi connectivity index (χ4v) is 6.80. The lowest BCUT2D eigenvalue weighted by atomic mass is 9.92. The first kappa shape index (κ1) is 35.5. The van der Waals surface area contributed by atoms with Crippen molar-refractivity contribution < 1.29 is 19.1 Å². The van der Waals surface area contributed by atoms with E-state index in [2.05, 4.69) is 40.3 Å². The van der Waals surface area contributed by atoms with E-state index in [0.29, 0.717) is 53.6 Å². The zero-order valence-corrected chi connectivity index (χ0v) is 30.1. The number of hydrogen-bond acceptors (Lipinski definition) is 8. The van der Waals surface area contributed by atoms with Crippen LogP contribution in [-0.2, 0) is 14.3 Å². The summed E-state index contributed by atoms with van der Waals surface area (Å²) in [6.07, 6.45) is 12.4. The molecule has 11 nitrogen and oxygen atoms in total. The van der Waals surface area contributed by atoms with Crippen LogP contribution in [0.4, 0.5) is 16.3 Å². The van der Waals surface area contributed by atoms with Crippen LogP contribution in [0.15, 0.2) is 78.9 Å². The second kappa shape index (κ2) is 14.9. The van der Waals surface area contributed by atoms with Crippen molar-refractivity contribution in [1.82, 2.24) is 24.5 Å². The first-order valence-electron chi connectivity index (χ1n) is 17.8. The molecule has 0 bridgehead atoms. The summed E-state index contributed by atoms with van der Waals surface area (Å²) in [7, 11) is 0. The van der Waals surface area contributed by atoms with Gasteiger partial charge in [0.25, 0.3) is 5.91 Å². The van der Waals surface area contributed by atoms with E-state index < -0.39 is 11.5 Å². The molecule has 11 heteroatoms. The Kier molecular flexibility index (Phi) is 10.4. The number of nitrogen functional groups attached to an aromatic ring is 1. The number of anilines is 2. The number of allylic oxidation sites excluding steroid dienone is 3. The number of amides is 2. The van der Waals surface area contributed by atoms with Gasteiger partial charge in [-0.1, -0.05) is 50.6 Å². The second-order valence-electron chi connectivity index (χ2n) is 14.9. The zero-order valence-electron chi connectivity index (χ0n) is 30.1. The standard InChI is InChI=1S/C40H47N7O4/c1-25(2)8-9-26-10-15-31(36(48)33(21-26)29-7-6-18-42-23-29)38(49)45-30-13-11-27(12-14-30)32-22-34(47-35(32)37(41)43-24-44-47)28-16-19-46(20-17-28)39(50)51-40(3,4)5/h6-7,11-15,18,21-26,28H,8-10,16-17,19-20H2,1-5H3,(H,45,49)(H2,41,43,44). The number of aromatic nitrogens is 4. The van der Waals surface area contributed by atoms with Crippen LogP contribution in [0.2, 0.25) is 0 Å². The van der Waals surface area contributed by atoms with Gasteiger partial charge in [0.05, 0.1) is 5.57 Å². The van der Waals surface area contributed by atoms with Crippen LogP contribution >= 0.6 is 0 Å². The van der Waals surface area contributed by atoms with Crippen LogP contribution in [0.25, 0.3) is 22.2 Å². The average molecular weight is 690 g/mol. The molecule has 1 fully saturated rings. The predicted octanol–water partition coefficient (Wildman–Crippen LogP) is 7.46. The molecule has 1 saturated heterocycles. The number of hydrogen-bond donors (Lipinski definition) is 2. The number of carbonyl (C=O) groups is 3.